The largest absolute Gasteiger partial charge is 0.428 e. The fourth-order valence-corrected chi connectivity index (χ4v) is 9.44. The average molecular weight is 545 g/mol. The normalized spacial score (nSPS) is 49.5. The molecule has 4 aliphatic carbocycles. The first-order valence-corrected chi connectivity index (χ1v) is 14.8. The van der Waals surface area contributed by atoms with Crippen molar-refractivity contribution in [2.45, 2.75) is 120 Å². The van der Waals surface area contributed by atoms with E-state index in [1.807, 2.05) is 13.0 Å². The van der Waals surface area contributed by atoms with E-state index in [4.69, 9.17) is 18.6 Å². The molecule has 0 amide bonds. The molecule has 1 aromatic heterocycles. The van der Waals surface area contributed by atoms with Gasteiger partial charge in [0.05, 0.1) is 17.8 Å². The van der Waals surface area contributed by atoms with E-state index in [1.165, 1.54) is 18.7 Å². The smallest absolute Gasteiger partial charge is 0.335 e. The second-order valence-corrected chi connectivity index (χ2v) is 13.3. The minimum Gasteiger partial charge on any atom is -0.428 e. The summed E-state index contributed by atoms with van der Waals surface area (Å²) in [6, 6.07) is 5.11. The fourth-order valence-electron chi connectivity index (χ4n) is 9.44. The SMILES string of the molecule is COC1C(C)OC(OC2C=C3CCC4C(CCC5(C)C(c6cccc(=O)o6)CCC45O)C3(C)CC2)C(O)C1O. The first kappa shape index (κ1) is 27.6. The van der Waals surface area contributed by atoms with Gasteiger partial charge in [0.25, 0.3) is 0 Å². The third kappa shape index (κ3) is 4.12. The van der Waals surface area contributed by atoms with Gasteiger partial charge in [-0.2, -0.15) is 0 Å². The van der Waals surface area contributed by atoms with Crippen LogP contribution in [0.5, 0.6) is 0 Å². The Morgan fingerprint density at radius 2 is 1.79 bits per heavy atom. The Labute approximate surface area is 230 Å². The maximum Gasteiger partial charge on any atom is 0.335 e. The number of rotatable bonds is 4. The van der Waals surface area contributed by atoms with Gasteiger partial charge in [0.1, 0.15) is 24.1 Å². The average Bonchev–Trinajstić information content (AvgIpc) is 3.18. The van der Waals surface area contributed by atoms with Gasteiger partial charge in [-0.25, -0.2) is 4.79 Å². The standard InChI is InChI=1S/C31H44O8/c1-17-27(36-4)25(33)26(34)28(37-17)38-19-10-13-29(2)18(16-19)8-9-21-20(29)11-14-30(3)22(12-15-31(21,30)35)23-6-5-7-24(32)39-23/h5-7,16-17,19-22,25-28,33-35H,8-15H2,1-4H3. The van der Waals surface area contributed by atoms with Gasteiger partial charge in [-0.1, -0.05) is 31.6 Å². The van der Waals surface area contributed by atoms with Crippen LogP contribution in [0.2, 0.25) is 0 Å². The zero-order valence-corrected chi connectivity index (χ0v) is 23.5. The van der Waals surface area contributed by atoms with E-state index in [0.29, 0.717) is 11.7 Å². The van der Waals surface area contributed by atoms with Crippen molar-refractivity contribution in [3.63, 3.8) is 0 Å². The molecule has 216 valence electrons. The van der Waals surface area contributed by atoms with Crippen LogP contribution in [-0.2, 0) is 14.2 Å². The maximum atomic E-state index is 12.4. The summed E-state index contributed by atoms with van der Waals surface area (Å²) in [5.74, 6) is 1.33. The lowest BCUT2D eigenvalue weighted by Gasteiger charge is -2.61. The van der Waals surface area contributed by atoms with Crippen molar-refractivity contribution < 1.29 is 33.9 Å². The highest BCUT2D eigenvalue weighted by molar-refractivity contribution is 5.30. The Bertz CT molecular complexity index is 1160. The molecular formula is C31H44O8. The van der Waals surface area contributed by atoms with Crippen molar-refractivity contribution in [1.29, 1.82) is 0 Å². The van der Waals surface area contributed by atoms with Crippen LogP contribution in [0.25, 0.3) is 0 Å². The molecule has 2 heterocycles. The van der Waals surface area contributed by atoms with E-state index in [2.05, 4.69) is 19.9 Å². The molecule has 8 nitrogen and oxygen atoms in total. The minimum atomic E-state index is -1.18. The molecule has 0 radical (unpaired) electrons. The van der Waals surface area contributed by atoms with Crippen molar-refractivity contribution >= 4 is 0 Å². The highest BCUT2D eigenvalue weighted by atomic mass is 16.7. The monoisotopic (exact) mass is 544 g/mol. The number of aliphatic hydroxyl groups is 3. The molecule has 0 bridgehead atoms. The molecule has 0 aromatic carbocycles. The molecule has 12 atom stereocenters. The summed E-state index contributed by atoms with van der Waals surface area (Å²) in [6.07, 6.45) is 4.92. The van der Waals surface area contributed by atoms with Gasteiger partial charge in [0, 0.05) is 24.5 Å². The van der Waals surface area contributed by atoms with Gasteiger partial charge in [-0.15, -0.1) is 0 Å². The summed E-state index contributed by atoms with van der Waals surface area (Å²) in [6.45, 7) is 6.39. The highest BCUT2D eigenvalue weighted by Crippen LogP contribution is 2.70. The van der Waals surface area contributed by atoms with Crippen LogP contribution in [0.4, 0.5) is 0 Å². The predicted octanol–water partition coefficient (Wildman–Crippen LogP) is 3.67. The molecule has 3 N–H and O–H groups in total. The lowest BCUT2D eigenvalue weighted by atomic mass is 9.45. The van der Waals surface area contributed by atoms with Gasteiger partial charge < -0.3 is 33.9 Å². The number of aliphatic hydroxyl groups excluding tert-OH is 2. The Balaban J connectivity index is 1.20. The summed E-state index contributed by atoms with van der Waals surface area (Å²) >= 11 is 0. The highest BCUT2D eigenvalue weighted by Gasteiger charge is 2.67. The lowest BCUT2D eigenvalue weighted by Crippen LogP contribution is -2.60. The van der Waals surface area contributed by atoms with E-state index in [0.717, 1.165) is 51.4 Å². The van der Waals surface area contributed by atoms with Crippen LogP contribution >= 0.6 is 0 Å². The van der Waals surface area contributed by atoms with Crippen molar-refractivity contribution in [1.82, 2.24) is 0 Å². The second-order valence-electron chi connectivity index (χ2n) is 13.3. The Morgan fingerprint density at radius 3 is 2.54 bits per heavy atom. The zero-order valence-electron chi connectivity index (χ0n) is 23.5. The molecular weight excluding hydrogens is 500 g/mol. The van der Waals surface area contributed by atoms with Gasteiger partial charge in [0.15, 0.2) is 6.29 Å². The van der Waals surface area contributed by atoms with E-state index in [-0.39, 0.29) is 34.4 Å². The first-order chi connectivity index (χ1) is 18.5. The van der Waals surface area contributed by atoms with E-state index in [9.17, 15) is 20.1 Å². The van der Waals surface area contributed by atoms with Crippen LogP contribution in [-0.4, -0.2) is 64.8 Å². The molecule has 12 unspecified atom stereocenters. The molecule has 4 fully saturated rings. The topological polar surface area (TPSA) is 119 Å². The minimum absolute atomic E-state index is 0.0166. The number of methoxy groups -OCH3 is 1. The van der Waals surface area contributed by atoms with Crippen molar-refractivity contribution in [3.8, 4) is 0 Å². The number of allylic oxidation sites excluding steroid dienone is 1. The van der Waals surface area contributed by atoms with Gasteiger partial charge in [-0.3, -0.25) is 0 Å². The van der Waals surface area contributed by atoms with Crippen LogP contribution < -0.4 is 5.63 Å². The Hall–Kier alpha value is -1.55. The summed E-state index contributed by atoms with van der Waals surface area (Å²) in [4.78, 5) is 12.0. The molecule has 5 aliphatic rings. The lowest BCUT2D eigenvalue weighted by molar-refractivity contribution is -0.304. The Morgan fingerprint density at radius 1 is 1.00 bits per heavy atom. The number of ether oxygens (including phenoxy) is 3. The van der Waals surface area contributed by atoms with Crippen LogP contribution in [0, 0.1) is 22.7 Å². The van der Waals surface area contributed by atoms with Crippen LogP contribution in [0.15, 0.2) is 39.1 Å². The second kappa shape index (κ2) is 9.78. The summed E-state index contributed by atoms with van der Waals surface area (Å²) in [7, 11) is 1.50. The summed E-state index contributed by atoms with van der Waals surface area (Å²) in [5, 5.41) is 33.5. The van der Waals surface area contributed by atoms with Crippen LogP contribution in [0.1, 0.15) is 83.8 Å². The molecule has 1 aromatic rings. The fraction of sp³-hybridized carbons (Fsp3) is 0.774. The third-order valence-electron chi connectivity index (χ3n) is 11.7. The van der Waals surface area contributed by atoms with Crippen LogP contribution in [0.3, 0.4) is 0 Å². The predicted molar refractivity (Wildman–Crippen MR) is 143 cm³/mol. The zero-order chi connectivity index (χ0) is 27.7. The summed E-state index contributed by atoms with van der Waals surface area (Å²) < 4.78 is 23.1. The van der Waals surface area contributed by atoms with E-state index >= 15 is 0 Å². The molecule has 0 spiro atoms. The van der Waals surface area contributed by atoms with Gasteiger partial charge >= 0.3 is 5.63 Å². The number of hydrogen-bond acceptors (Lipinski definition) is 8. The first-order valence-electron chi connectivity index (χ1n) is 14.8. The van der Waals surface area contributed by atoms with Gasteiger partial charge in [0.2, 0.25) is 0 Å². The molecule has 8 heteroatoms. The quantitative estimate of drug-likeness (QED) is 0.492. The molecule has 3 saturated carbocycles. The van der Waals surface area contributed by atoms with Gasteiger partial charge in [-0.05, 0) is 81.6 Å². The Kier molecular flexibility index (Phi) is 6.92. The van der Waals surface area contributed by atoms with E-state index < -0.39 is 36.3 Å². The third-order valence-corrected chi connectivity index (χ3v) is 11.7. The molecule has 39 heavy (non-hydrogen) atoms. The summed E-state index contributed by atoms with van der Waals surface area (Å²) in [5.41, 5.74) is -0.0782. The molecule has 6 rings (SSSR count). The molecule has 1 saturated heterocycles. The van der Waals surface area contributed by atoms with E-state index in [1.54, 1.807) is 6.07 Å². The number of fused-ring (bicyclic) bond motifs is 5. The van der Waals surface area contributed by atoms with Crippen molar-refractivity contribution in [2.75, 3.05) is 7.11 Å². The number of hydrogen-bond donors (Lipinski definition) is 3. The van der Waals surface area contributed by atoms with Crippen molar-refractivity contribution in [3.05, 3.63) is 46.0 Å². The molecule has 1 aliphatic heterocycles. The maximum absolute atomic E-state index is 12.4. The van der Waals surface area contributed by atoms with Crippen molar-refractivity contribution in [2.24, 2.45) is 22.7 Å².